The van der Waals surface area contributed by atoms with Gasteiger partial charge in [-0.05, 0) is 75.7 Å². The van der Waals surface area contributed by atoms with Crippen molar-refractivity contribution < 1.29 is 4.79 Å². The third-order valence-electron chi connectivity index (χ3n) is 7.24. The van der Waals surface area contributed by atoms with Gasteiger partial charge >= 0.3 is 0 Å². The second-order valence-corrected chi connectivity index (χ2v) is 10.00. The number of benzene rings is 1. The van der Waals surface area contributed by atoms with Gasteiger partial charge in [-0.3, -0.25) is 4.79 Å². The number of fused-ring (bicyclic) bond motifs is 1. The molecule has 6 rings (SSSR count). The van der Waals surface area contributed by atoms with E-state index in [0.717, 1.165) is 67.0 Å². The number of carbonyl (C=O) groups is 1. The molecule has 1 N–H and O–H groups in total. The Bertz CT molecular complexity index is 1430. The summed E-state index contributed by atoms with van der Waals surface area (Å²) in [7, 11) is 2.16. The standard InChI is InChI=1S/C28H31N7O/c1-18-16-21(9-10-24(18)34-14-12-33(3)13-15-34)30-28(36)22-17-23(20-7-8-20)31-27-26(22)19(2)32-35(27)25-6-4-5-11-29-25/h4-6,9-11,16-17,20H,7-8,12-15H2,1-3H3,(H,30,36). The number of likely N-dealkylation sites (N-methyl/N-ethyl adjacent to an activating group) is 1. The number of hydrogen-bond acceptors (Lipinski definition) is 6. The number of rotatable bonds is 5. The summed E-state index contributed by atoms with van der Waals surface area (Å²) in [6.07, 6.45) is 3.94. The molecular weight excluding hydrogens is 450 g/mol. The third-order valence-corrected chi connectivity index (χ3v) is 7.24. The predicted octanol–water partition coefficient (Wildman–Crippen LogP) is 4.31. The van der Waals surface area contributed by atoms with Gasteiger partial charge in [0.2, 0.25) is 0 Å². The van der Waals surface area contributed by atoms with Crippen LogP contribution in [0.5, 0.6) is 0 Å². The minimum absolute atomic E-state index is 0.139. The topological polar surface area (TPSA) is 79.2 Å². The van der Waals surface area contributed by atoms with E-state index in [4.69, 9.17) is 10.1 Å². The maximum atomic E-state index is 13.6. The molecule has 2 aliphatic rings. The molecule has 1 saturated carbocycles. The maximum absolute atomic E-state index is 13.6. The molecule has 1 amide bonds. The Morgan fingerprint density at radius 2 is 1.83 bits per heavy atom. The third kappa shape index (κ3) is 4.22. The van der Waals surface area contributed by atoms with E-state index in [0.29, 0.717) is 22.9 Å². The van der Waals surface area contributed by atoms with E-state index < -0.39 is 0 Å². The van der Waals surface area contributed by atoms with Crippen molar-refractivity contribution in [2.45, 2.75) is 32.6 Å². The van der Waals surface area contributed by atoms with Gasteiger partial charge < -0.3 is 15.1 Å². The van der Waals surface area contributed by atoms with Crippen LogP contribution in [0.3, 0.4) is 0 Å². The quantitative estimate of drug-likeness (QED) is 0.458. The zero-order valence-electron chi connectivity index (χ0n) is 21.0. The van der Waals surface area contributed by atoms with Gasteiger partial charge in [0.05, 0.1) is 16.6 Å². The molecule has 0 radical (unpaired) electrons. The molecule has 3 aromatic heterocycles. The van der Waals surface area contributed by atoms with Gasteiger partial charge in [0.15, 0.2) is 11.5 Å². The van der Waals surface area contributed by atoms with Crippen molar-refractivity contribution in [1.29, 1.82) is 0 Å². The van der Waals surface area contributed by atoms with Gasteiger partial charge in [0, 0.05) is 55.4 Å². The van der Waals surface area contributed by atoms with Crippen LogP contribution in [0.1, 0.15) is 46.1 Å². The van der Waals surface area contributed by atoms with Crippen LogP contribution in [0.4, 0.5) is 11.4 Å². The summed E-state index contributed by atoms with van der Waals surface area (Å²) < 4.78 is 1.75. The average molecular weight is 482 g/mol. The van der Waals surface area contributed by atoms with E-state index in [9.17, 15) is 4.79 Å². The van der Waals surface area contributed by atoms with E-state index in [-0.39, 0.29) is 5.91 Å². The monoisotopic (exact) mass is 481 g/mol. The summed E-state index contributed by atoms with van der Waals surface area (Å²) in [5.74, 6) is 0.954. The van der Waals surface area contributed by atoms with Crippen LogP contribution >= 0.6 is 0 Å². The fourth-order valence-corrected chi connectivity index (χ4v) is 5.05. The minimum atomic E-state index is -0.139. The number of piperazine rings is 1. The molecule has 0 spiro atoms. The van der Waals surface area contributed by atoms with Gasteiger partial charge in [0.1, 0.15) is 0 Å². The van der Waals surface area contributed by atoms with Gasteiger partial charge in [-0.1, -0.05) is 6.07 Å². The minimum Gasteiger partial charge on any atom is -0.369 e. The molecule has 0 atom stereocenters. The molecule has 1 aliphatic heterocycles. The number of carbonyl (C=O) groups excluding carboxylic acids is 1. The lowest BCUT2D eigenvalue weighted by molar-refractivity contribution is 0.102. The van der Waals surface area contributed by atoms with Gasteiger partial charge in [0.25, 0.3) is 5.91 Å². The Kier molecular flexibility index (Phi) is 5.68. The molecule has 1 aliphatic carbocycles. The first kappa shape index (κ1) is 22.7. The Morgan fingerprint density at radius 3 is 2.53 bits per heavy atom. The predicted molar refractivity (Wildman–Crippen MR) is 142 cm³/mol. The zero-order chi connectivity index (χ0) is 24.8. The molecule has 4 heterocycles. The smallest absolute Gasteiger partial charge is 0.256 e. The highest BCUT2D eigenvalue weighted by atomic mass is 16.1. The van der Waals surface area contributed by atoms with Crippen molar-refractivity contribution in [3.8, 4) is 5.82 Å². The number of aryl methyl sites for hydroxylation is 2. The molecule has 184 valence electrons. The summed E-state index contributed by atoms with van der Waals surface area (Å²) in [5, 5.41) is 8.63. The van der Waals surface area contributed by atoms with Crippen LogP contribution in [0.2, 0.25) is 0 Å². The molecule has 0 unspecified atom stereocenters. The van der Waals surface area contributed by atoms with E-state index in [1.165, 1.54) is 5.69 Å². The van der Waals surface area contributed by atoms with Crippen molar-refractivity contribution in [3.05, 3.63) is 71.2 Å². The molecule has 4 aromatic rings. The number of aromatic nitrogens is 4. The molecule has 2 fully saturated rings. The van der Waals surface area contributed by atoms with Crippen LogP contribution < -0.4 is 10.2 Å². The van der Waals surface area contributed by atoms with Gasteiger partial charge in [-0.2, -0.15) is 9.78 Å². The molecule has 36 heavy (non-hydrogen) atoms. The summed E-state index contributed by atoms with van der Waals surface area (Å²) in [5.41, 5.74) is 6.20. The SMILES string of the molecule is Cc1cc(NC(=O)c2cc(C3CC3)nc3c2c(C)nn3-c2ccccn2)ccc1N1CCN(C)CC1. The van der Waals surface area contributed by atoms with Gasteiger partial charge in [-0.25, -0.2) is 9.97 Å². The number of nitrogens with zero attached hydrogens (tertiary/aromatic N) is 6. The first-order valence-electron chi connectivity index (χ1n) is 12.6. The Morgan fingerprint density at radius 1 is 1.03 bits per heavy atom. The Balaban J connectivity index is 1.34. The number of anilines is 2. The van der Waals surface area contributed by atoms with E-state index >= 15 is 0 Å². The van der Waals surface area contributed by atoms with E-state index in [2.05, 4.69) is 46.2 Å². The van der Waals surface area contributed by atoms with Crippen LogP contribution in [0.25, 0.3) is 16.9 Å². The summed E-state index contributed by atoms with van der Waals surface area (Å²) in [6.45, 7) is 8.19. The van der Waals surface area contributed by atoms with E-state index in [1.54, 1.807) is 10.9 Å². The highest BCUT2D eigenvalue weighted by Gasteiger charge is 2.29. The highest BCUT2D eigenvalue weighted by Crippen LogP contribution is 2.41. The molecule has 1 saturated heterocycles. The molecule has 8 nitrogen and oxygen atoms in total. The lowest BCUT2D eigenvalue weighted by atomic mass is 10.1. The van der Waals surface area contributed by atoms with Crippen LogP contribution in [0, 0.1) is 13.8 Å². The normalized spacial score (nSPS) is 16.5. The number of hydrogen-bond donors (Lipinski definition) is 1. The van der Waals surface area contributed by atoms with Crippen molar-refractivity contribution in [1.82, 2.24) is 24.6 Å². The van der Waals surface area contributed by atoms with E-state index in [1.807, 2.05) is 37.3 Å². The Labute approximate surface area is 211 Å². The number of amides is 1. The first-order valence-corrected chi connectivity index (χ1v) is 12.6. The fraction of sp³-hybridized carbons (Fsp3) is 0.357. The van der Waals surface area contributed by atoms with Crippen molar-refractivity contribution in [2.24, 2.45) is 0 Å². The Hall–Kier alpha value is -3.78. The number of pyridine rings is 2. The summed E-state index contributed by atoms with van der Waals surface area (Å²) in [4.78, 5) is 27.8. The van der Waals surface area contributed by atoms with Crippen molar-refractivity contribution in [2.75, 3.05) is 43.4 Å². The summed E-state index contributed by atoms with van der Waals surface area (Å²) in [6, 6.07) is 13.9. The average Bonchev–Trinajstić information content (AvgIpc) is 3.68. The van der Waals surface area contributed by atoms with Crippen LogP contribution in [0.15, 0.2) is 48.7 Å². The molecule has 1 aromatic carbocycles. The molecular formula is C28H31N7O. The van der Waals surface area contributed by atoms with Crippen LogP contribution in [-0.2, 0) is 0 Å². The second kappa shape index (κ2) is 9.02. The highest BCUT2D eigenvalue weighted by molar-refractivity contribution is 6.13. The van der Waals surface area contributed by atoms with Crippen molar-refractivity contribution >= 4 is 28.3 Å². The largest absolute Gasteiger partial charge is 0.369 e. The maximum Gasteiger partial charge on any atom is 0.256 e. The lowest BCUT2D eigenvalue weighted by Gasteiger charge is -2.35. The lowest BCUT2D eigenvalue weighted by Crippen LogP contribution is -2.44. The second-order valence-electron chi connectivity index (χ2n) is 10.00. The van der Waals surface area contributed by atoms with Crippen molar-refractivity contribution in [3.63, 3.8) is 0 Å². The molecule has 8 heteroatoms. The zero-order valence-corrected chi connectivity index (χ0v) is 21.0. The summed E-state index contributed by atoms with van der Waals surface area (Å²) >= 11 is 0. The molecule has 0 bridgehead atoms. The first-order chi connectivity index (χ1) is 17.5. The van der Waals surface area contributed by atoms with Crippen LogP contribution in [-0.4, -0.2) is 63.8 Å². The fourth-order valence-electron chi connectivity index (χ4n) is 5.05. The number of nitrogens with one attached hydrogen (secondary N) is 1. The van der Waals surface area contributed by atoms with Gasteiger partial charge in [-0.15, -0.1) is 0 Å².